The fraction of sp³-hybridized carbons (Fsp3) is 0.267. The van der Waals surface area contributed by atoms with E-state index in [0.717, 1.165) is 5.56 Å². The third kappa shape index (κ3) is 4.00. The van der Waals surface area contributed by atoms with E-state index in [9.17, 15) is 9.59 Å². The lowest BCUT2D eigenvalue weighted by Gasteiger charge is -2.09. The molecule has 1 aromatic heterocycles. The number of rotatable bonds is 7. The molecule has 1 amide bonds. The smallest absolute Gasteiger partial charge is 0.335 e. The first-order chi connectivity index (χ1) is 11.0. The van der Waals surface area contributed by atoms with E-state index in [1.165, 1.54) is 32.4 Å². The maximum atomic E-state index is 11.9. The number of nitrogens with zero attached hydrogens (tertiary/aromatic N) is 1. The Bertz CT molecular complexity index is 710. The summed E-state index contributed by atoms with van der Waals surface area (Å²) in [6.45, 7) is 0.324. The molecular formula is C15H16N2O6. The predicted octanol–water partition coefficient (Wildman–Crippen LogP) is 1.36. The molecule has 0 aliphatic rings. The first kappa shape index (κ1) is 16.3. The first-order valence-corrected chi connectivity index (χ1v) is 6.74. The number of carbonyl (C=O) groups is 2. The summed E-state index contributed by atoms with van der Waals surface area (Å²) in [5, 5.41) is 15.2. The summed E-state index contributed by atoms with van der Waals surface area (Å²) in [5.74, 6) is -0.707. The largest absolute Gasteiger partial charge is 0.496 e. The van der Waals surface area contributed by atoms with Crippen molar-refractivity contribution in [3.8, 4) is 11.6 Å². The van der Waals surface area contributed by atoms with E-state index in [4.69, 9.17) is 19.1 Å². The number of carbonyl (C=O) groups excluding carboxylic acids is 1. The van der Waals surface area contributed by atoms with Crippen LogP contribution in [0, 0.1) is 0 Å². The molecule has 0 saturated heterocycles. The summed E-state index contributed by atoms with van der Waals surface area (Å²) in [4.78, 5) is 22.8. The van der Waals surface area contributed by atoms with Gasteiger partial charge in [-0.2, -0.15) is 0 Å². The molecule has 0 atom stereocenters. The third-order valence-electron chi connectivity index (χ3n) is 3.14. The minimum absolute atomic E-state index is 0.0510. The molecule has 0 fully saturated rings. The van der Waals surface area contributed by atoms with Gasteiger partial charge in [-0.05, 0) is 29.3 Å². The van der Waals surface area contributed by atoms with Gasteiger partial charge in [-0.25, -0.2) is 4.79 Å². The number of carboxylic acids is 1. The van der Waals surface area contributed by atoms with E-state index in [1.54, 1.807) is 6.07 Å². The van der Waals surface area contributed by atoms with Crippen LogP contribution in [0.25, 0.3) is 0 Å². The summed E-state index contributed by atoms with van der Waals surface area (Å²) in [6.07, 6.45) is 0.472. The van der Waals surface area contributed by atoms with Crippen LogP contribution in [-0.4, -0.2) is 42.9 Å². The standard InChI is InChI=1S/C15H16N2O6/c1-21-11-7-10(15(19)20)4-3-9(11)5-6-16-14(18)12-8-13(22-2)17-23-12/h3-4,7-8H,5-6H2,1-2H3,(H,16,18)(H,19,20). The Morgan fingerprint density at radius 2 is 2.04 bits per heavy atom. The molecule has 0 aliphatic heterocycles. The molecule has 8 heteroatoms. The van der Waals surface area contributed by atoms with Gasteiger partial charge in [0.2, 0.25) is 5.76 Å². The molecule has 0 bridgehead atoms. The highest BCUT2D eigenvalue weighted by Crippen LogP contribution is 2.20. The zero-order valence-corrected chi connectivity index (χ0v) is 12.7. The number of benzene rings is 1. The van der Waals surface area contributed by atoms with Crippen molar-refractivity contribution < 1.29 is 28.7 Å². The van der Waals surface area contributed by atoms with Crippen molar-refractivity contribution >= 4 is 11.9 Å². The van der Waals surface area contributed by atoms with E-state index >= 15 is 0 Å². The van der Waals surface area contributed by atoms with Crippen molar-refractivity contribution in [3.63, 3.8) is 0 Å². The Labute approximate surface area is 132 Å². The molecule has 2 aromatic rings. The van der Waals surface area contributed by atoms with Gasteiger partial charge in [0.25, 0.3) is 11.8 Å². The molecule has 23 heavy (non-hydrogen) atoms. The summed E-state index contributed by atoms with van der Waals surface area (Å²) >= 11 is 0. The highest BCUT2D eigenvalue weighted by Gasteiger charge is 2.14. The van der Waals surface area contributed by atoms with Crippen LogP contribution in [0.5, 0.6) is 11.6 Å². The number of carboxylic acid groups (broad SMARTS) is 1. The van der Waals surface area contributed by atoms with Crippen molar-refractivity contribution in [2.75, 3.05) is 20.8 Å². The summed E-state index contributed by atoms with van der Waals surface area (Å²) < 4.78 is 14.8. The van der Waals surface area contributed by atoms with Crippen LogP contribution in [0.3, 0.4) is 0 Å². The molecule has 1 aromatic carbocycles. The molecule has 0 unspecified atom stereocenters. The number of aromatic nitrogens is 1. The lowest BCUT2D eigenvalue weighted by molar-refractivity contribution is 0.0696. The lowest BCUT2D eigenvalue weighted by atomic mass is 10.1. The highest BCUT2D eigenvalue weighted by molar-refractivity contribution is 5.91. The van der Waals surface area contributed by atoms with Gasteiger partial charge < -0.3 is 24.4 Å². The number of hydrogen-bond donors (Lipinski definition) is 2. The molecule has 122 valence electrons. The third-order valence-corrected chi connectivity index (χ3v) is 3.14. The van der Waals surface area contributed by atoms with Gasteiger partial charge in [0, 0.05) is 6.54 Å². The SMILES string of the molecule is COc1cc(C(=O)NCCc2ccc(C(=O)O)cc2OC)on1. The van der Waals surface area contributed by atoms with Crippen LogP contribution >= 0.6 is 0 Å². The van der Waals surface area contributed by atoms with Gasteiger partial charge in [0.15, 0.2) is 0 Å². The minimum Gasteiger partial charge on any atom is -0.496 e. The monoisotopic (exact) mass is 320 g/mol. The van der Waals surface area contributed by atoms with Crippen LogP contribution in [-0.2, 0) is 6.42 Å². The normalized spacial score (nSPS) is 10.2. The molecule has 8 nitrogen and oxygen atoms in total. The predicted molar refractivity (Wildman–Crippen MR) is 79.0 cm³/mol. The molecule has 0 saturated carbocycles. The number of ether oxygens (including phenoxy) is 2. The van der Waals surface area contributed by atoms with Crippen LogP contribution in [0.4, 0.5) is 0 Å². The Morgan fingerprint density at radius 1 is 1.26 bits per heavy atom. The Morgan fingerprint density at radius 3 is 2.65 bits per heavy atom. The lowest BCUT2D eigenvalue weighted by Crippen LogP contribution is -2.25. The zero-order valence-electron chi connectivity index (χ0n) is 12.7. The number of hydrogen-bond acceptors (Lipinski definition) is 6. The molecule has 0 spiro atoms. The average Bonchev–Trinajstić information content (AvgIpc) is 3.04. The topological polar surface area (TPSA) is 111 Å². The number of amides is 1. The summed E-state index contributed by atoms with van der Waals surface area (Å²) in [5.41, 5.74) is 0.927. The molecule has 1 heterocycles. The molecule has 2 N–H and O–H groups in total. The molecule has 2 rings (SSSR count). The summed E-state index contributed by atoms with van der Waals surface area (Å²) in [6, 6.07) is 5.98. The van der Waals surface area contributed by atoms with Gasteiger partial charge in [0.05, 0.1) is 25.8 Å². The zero-order chi connectivity index (χ0) is 16.8. The highest BCUT2D eigenvalue weighted by atomic mass is 16.5. The maximum Gasteiger partial charge on any atom is 0.335 e. The van der Waals surface area contributed by atoms with Gasteiger partial charge in [-0.1, -0.05) is 6.07 Å². The molecule has 0 aliphatic carbocycles. The van der Waals surface area contributed by atoms with E-state index in [-0.39, 0.29) is 17.2 Å². The van der Waals surface area contributed by atoms with Gasteiger partial charge in [-0.3, -0.25) is 4.79 Å². The second kappa shape index (κ2) is 7.30. The van der Waals surface area contributed by atoms with Crippen molar-refractivity contribution in [2.24, 2.45) is 0 Å². The van der Waals surface area contributed by atoms with Crippen LogP contribution in [0.15, 0.2) is 28.8 Å². The Hall–Kier alpha value is -3.03. The number of methoxy groups -OCH3 is 2. The van der Waals surface area contributed by atoms with Crippen molar-refractivity contribution in [3.05, 3.63) is 41.2 Å². The number of aromatic carboxylic acids is 1. The second-order valence-corrected chi connectivity index (χ2v) is 4.57. The fourth-order valence-electron chi connectivity index (χ4n) is 1.94. The summed E-state index contributed by atoms with van der Waals surface area (Å²) in [7, 11) is 2.89. The van der Waals surface area contributed by atoms with E-state index in [1.807, 2.05) is 0 Å². The fourth-order valence-corrected chi connectivity index (χ4v) is 1.94. The second-order valence-electron chi connectivity index (χ2n) is 4.57. The Balaban J connectivity index is 1.95. The van der Waals surface area contributed by atoms with E-state index < -0.39 is 11.9 Å². The van der Waals surface area contributed by atoms with E-state index in [2.05, 4.69) is 10.5 Å². The quantitative estimate of drug-likeness (QED) is 0.792. The Kier molecular flexibility index (Phi) is 5.19. The minimum atomic E-state index is -1.03. The van der Waals surface area contributed by atoms with Crippen molar-refractivity contribution in [1.82, 2.24) is 10.5 Å². The van der Waals surface area contributed by atoms with E-state index in [0.29, 0.717) is 18.7 Å². The maximum absolute atomic E-state index is 11.9. The molecular weight excluding hydrogens is 304 g/mol. The van der Waals surface area contributed by atoms with Crippen LogP contribution < -0.4 is 14.8 Å². The molecule has 0 radical (unpaired) electrons. The van der Waals surface area contributed by atoms with Gasteiger partial charge in [-0.15, -0.1) is 0 Å². The van der Waals surface area contributed by atoms with Crippen LogP contribution in [0.1, 0.15) is 26.5 Å². The van der Waals surface area contributed by atoms with Gasteiger partial charge >= 0.3 is 5.97 Å². The first-order valence-electron chi connectivity index (χ1n) is 6.74. The van der Waals surface area contributed by atoms with Crippen molar-refractivity contribution in [1.29, 1.82) is 0 Å². The van der Waals surface area contributed by atoms with Gasteiger partial charge in [0.1, 0.15) is 5.75 Å². The van der Waals surface area contributed by atoms with Crippen LogP contribution in [0.2, 0.25) is 0 Å². The number of nitrogens with one attached hydrogen (secondary N) is 1. The van der Waals surface area contributed by atoms with Crippen molar-refractivity contribution in [2.45, 2.75) is 6.42 Å². The average molecular weight is 320 g/mol.